The molecule has 2 N–H and O–H groups in total. The third-order valence-electron chi connectivity index (χ3n) is 6.15. The zero-order valence-electron chi connectivity index (χ0n) is 19.8. The van der Waals surface area contributed by atoms with E-state index in [9.17, 15) is 9.18 Å². The highest BCUT2D eigenvalue weighted by Gasteiger charge is 2.38. The van der Waals surface area contributed by atoms with Gasteiger partial charge in [0.15, 0.2) is 0 Å². The highest BCUT2D eigenvalue weighted by molar-refractivity contribution is 7.09. The maximum atomic E-state index is 14.4. The Balaban J connectivity index is 1.41. The lowest BCUT2D eigenvalue weighted by molar-refractivity contribution is 0.0728. The molecule has 1 aliphatic heterocycles. The van der Waals surface area contributed by atoms with Crippen molar-refractivity contribution in [2.45, 2.75) is 44.4 Å². The molecule has 3 heterocycles. The molecule has 1 aliphatic rings. The van der Waals surface area contributed by atoms with Crippen molar-refractivity contribution in [3.8, 4) is 11.5 Å². The van der Waals surface area contributed by atoms with Crippen molar-refractivity contribution in [2.75, 3.05) is 6.54 Å². The standard InChI is InChI=1S/C26H25ClFN5O2S/c1-15-14-36-23(30-15)21-11-20(28)13-33(21)24(34)18-8-17(9-19(27)10-18)22-31-32-25(35-22)26(2,29)12-16-6-4-3-5-7-16/h3-10,14,20-21H,11-13,29H2,1-2H3/t20-,21+,26+/m0/s1. The quantitative estimate of drug-likeness (QED) is 0.357. The summed E-state index contributed by atoms with van der Waals surface area (Å²) in [4.78, 5) is 19.5. The lowest BCUT2D eigenvalue weighted by Gasteiger charge is -2.23. The molecule has 7 nitrogen and oxygen atoms in total. The van der Waals surface area contributed by atoms with Crippen LogP contribution in [0.1, 0.15) is 51.9 Å². The molecule has 4 aromatic rings. The first-order chi connectivity index (χ1) is 17.2. The largest absolute Gasteiger partial charge is 0.419 e. The van der Waals surface area contributed by atoms with Crippen molar-refractivity contribution in [1.29, 1.82) is 0 Å². The van der Waals surface area contributed by atoms with Crippen LogP contribution in [-0.2, 0) is 12.0 Å². The molecule has 0 aliphatic carbocycles. The van der Waals surface area contributed by atoms with Crippen LogP contribution < -0.4 is 5.73 Å². The van der Waals surface area contributed by atoms with Gasteiger partial charge in [0, 0.05) is 33.6 Å². The fourth-order valence-corrected chi connectivity index (χ4v) is 5.59. The highest BCUT2D eigenvalue weighted by atomic mass is 35.5. The van der Waals surface area contributed by atoms with E-state index in [1.54, 1.807) is 18.2 Å². The van der Waals surface area contributed by atoms with E-state index < -0.39 is 17.8 Å². The van der Waals surface area contributed by atoms with Gasteiger partial charge in [-0.05, 0) is 44.0 Å². The Hall–Kier alpha value is -3.14. The van der Waals surface area contributed by atoms with Gasteiger partial charge in [0.25, 0.3) is 5.91 Å². The summed E-state index contributed by atoms with van der Waals surface area (Å²) in [7, 11) is 0. The van der Waals surface area contributed by atoms with E-state index in [2.05, 4.69) is 15.2 Å². The van der Waals surface area contributed by atoms with Crippen LogP contribution in [0.25, 0.3) is 11.5 Å². The number of alkyl halides is 1. The number of carbonyl (C=O) groups excluding carboxylic acids is 1. The Morgan fingerprint density at radius 2 is 2.06 bits per heavy atom. The van der Waals surface area contributed by atoms with Crippen molar-refractivity contribution < 1.29 is 13.6 Å². The number of amides is 1. The lowest BCUT2D eigenvalue weighted by atomic mass is 9.94. The maximum absolute atomic E-state index is 14.4. The van der Waals surface area contributed by atoms with Gasteiger partial charge in [0.05, 0.1) is 18.1 Å². The predicted octanol–water partition coefficient (Wildman–Crippen LogP) is 5.50. The number of aromatic nitrogens is 3. The second kappa shape index (κ2) is 9.72. The molecule has 0 saturated carbocycles. The van der Waals surface area contributed by atoms with Crippen LogP contribution in [-0.4, -0.2) is 38.7 Å². The van der Waals surface area contributed by atoms with E-state index in [-0.39, 0.29) is 30.7 Å². The summed E-state index contributed by atoms with van der Waals surface area (Å²) in [5, 5.41) is 11.3. The first kappa shape index (κ1) is 24.5. The van der Waals surface area contributed by atoms with Crippen molar-refractivity contribution in [1.82, 2.24) is 20.1 Å². The second-order valence-corrected chi connectivity index (χ2v) is 10.7. The molecule has 0 bridgehead atoms. The molecular formula is C26H25ClFN5O2S. The highest BCUT2D eigenvalue weighted by Crippen LogP contribution is 2.37. The topological polar surface area (TPSA) is 98.1 Å². The summed E-state index contributed by atoms with van der Waals surface area (Å²) in [6, 6.07) is 14.2. The van der Waals surface area contributed by atoms with Crippen molar-refractivity contribution in [2.24, 2.45) is 5.73 Å². The number of aryl methyl sites for hydroxylation is 1. The minimum Gasteiger partial charge on any atom is -0.419 e. The van der Waals surface area contributed by atoms with Crippen molar-refractivity contribution in [3.05, 3.63) is 86.7 Å². The number of likely N-dealkylation sites (tertiary alicyclic amines) is 1. The van der Waals surface area contributed by atoms with E-state index in [1.165, 1.54) is 16.2 Å². The van der Waals surface area contributed by atoms with E-state index >= 15 is 0 Å². The zero-order valence-corrected chi connectivity index (χ0v) is 21.4. The summed E-state index contributed by atoms with van der Waals surface area (Å²) in [5.74, 6) is 0.139. The smallest absolute Gasteiger partial charge is 0.254 e. The van der Waals surface area contributed by atoms with Gasteiger partial charge in [0.1, 0.15) is 11.2 Å². The molecule has 0 unspecified atom stereocenters. The molecule has 5 rings (SSSR count). The zero-order chi connectivity index (χ0) is 25.4. The molecule has 0 spiro atoms. The van der Waals surface area contributed by atoms with Gasteiger partial charge in [-0.1, -0.05) is 41.9 Å². The minimum absolute atomic E-state index is 0.000303. The third-order valence-corrected chi connectivity index (χ3v) is 7.43. The van der Waals surface area contributed by atoms with Gasteiger partial charge in [-0.2, -0.15) is 0 Å². The molecule has 10 heteroatoms. The first-order valence-electron chi connectivity index (χ1n) is 11.5. The van der Waals surface area contributed by atoms with E-state index in [0.29, 0.717) is 22.6 Å². The van der Waals surface area contributed by atoms with Crippen LogP contribution in [0, 0.1) is 6.92 Å². The molecule has 1 fully saturated rings. The number of thiazole rings is 1. The van der Waals surface area contributed by atoms with Crippen LogP contribution >= 0.6 is 22.9 Å². The van der Waals surface area contributed by atoms with Crippen molar-refractivity contribution >= 4 is 28.8 Å². The summed E-state index contributed by atoms with van der Waals surface area (Å²) < 4.78 is 20.3. The fourth-order valence-electron chi connectivity index (χ4n) is 4.44. The Morgan fingerprint density at radius 3 is 2.78 bits per heavy atom. The maximum Gasteiger partial charge on any atom is 0.254 e. The van der Waals surface area contributed by atoms with Gasteiger partial charge in [-0.3, -0.25) is 4.79 Å². The molecule has 1 amide bonds. The minimum atomic E-state index is -1.12. The van der Waals surface area contributed by atoms with Crippen LogP contribution in [0.5, 0.6) is 0 Å². The molecule has 36 heavy (non-hydrogen) atoms. The molecule has 1 saturated heterocycles. The van der Waals surface area contributed by atoms with Crippen LogP contribution in [0.3, 0.4) is 0 Å². The van der Waals surface area contributed by atoms with Gasteiger partial charge in [-0.25, -0.2) is 9.37 Å². The van der Waals surface area contributed by atoms with Crippen molar-refractivity contribution in [3.63, 3.8) is 0 Å². The third kappa shape index (κ3) is 5.04. The fraction of sp³-hybridized carbons (Fsp3) is 0.308. The number of rotatable bonds is 6. The summed E-state index contributed by atoms with van der Waals surface area (Å²) in [5.41, 5.74) is 8.30. The average molecular weight is 526 g/mol. The average Bonchev–Trinajstić information content (AvgIpc) is 3.58. The molecule has 2 aromatic carbocycles. The van der Waals surface area contributed by atoms with Gasteiger partial charge >= 0.3 is 0 Å². The Morgan fingerprint density at radius 1 is 1.28 bits per heavy atom. The molecule has 2 aromatic heterocycles. The van der Waals surface area contributed by atoms with Gasteiger partial charge in [0.2, 0.25) is 11.8 Å². The number of halogens is 2. The number of nitrogens with two attached hydrogens (primary N) is 1. The normalized spacial score (nSPS) is 19.4. The lowest BCUT2D eigenvalue weighted by Crippen LogP contribution is -2.35. The van der Waals surface area contributed by atoms with Gasteiger partial charge < -0.3 is 15.1 Å². The number of carbonyl (C=O) groups is 1. The Kier molecular flexibility index (Phi) is 6.63. The van der Waals surface area contributed by atoms with E-state index in [4.69, 9.17) is 21.8 Å². The summed E-state index contributed by atoms with van der Waals surface area (Å²) >= 11 is 7.80. The van der Waals surface area contributed by atoms with Crippen LogP contribution in [0.15, 0.2) is 58.3 Å². The Labute approximate surface area is 217 Å². The molecule has 0 radical (unpaired) electrons. The van der Waals surface area contributed by atoms with Gasteiger partial charge in [-0.15, -0.1) is 21.5 Å². The number of nitrogens with zero attached hydrogens (tertiary/aromatic N) is 4. The number of hydrogen-bond acceptors (Lipinski definition) is 7. The van der Waals surface area contributed by atoms with Crippen LogP contribution in [0.2, 0.25) is 5.02 Å². The van der Waals surface area contributed by atoms with E-state index in [1.807, 2.05) is 49.6 Å². The summed E-state index contributed by atoms with van der Waals surface area (Å²) in [6.45, 7) is 3.70. The SMILES string of the molecule is Cc1csc([C@H]2C[C@H](F)CN2C(=O)c2cc(Cl)cc(-c3nnc([C@](C)(N)Cc4ccccc4)o3)c2)n1. The Bertz CT molecular complexity index is 1390. The van der Waals surface area contributed by atoms with Crippen LogP contribution in [0.4, 0.5) is 4.39 Å². The first-order valence-corrected chi connectivity index (χ1v) is 12.8. The molecule has 3 atom stereocenters. The summed E-state index contributed by atoms with van der Waals surface area (Å²) in [6.07, 6.45) is -0.395. The molecule has 186 valence electrons. The predicted molar refractivity (Wildman–Crippen MR) is 137 cm³/mol. The number of hydrogen-bond donors (Lipinski definition) is 1. The number of benzene rings is 2. The monoisotopic (exact) mass is 525 g/mol. The molecular weight excluding hydrogens is 501 g/mol. The van der Waals surface area contributed by atoms with E-state index in [0.717, 1.165) is 16.3 Å². The second-order valence-electron chi connectivity index (χ2n) is 9.35.